The van der Waals surface area contributed by atoms with Crippen molar-refractivity contribution in [3.8, 4) is 17.0 Å². The van der Waals surface area contributed by atoms with Crippen LogP contribution >= 0.6 is 0 Å². The molecule has 5 nitrogen and oxygen atoms in total. The first kappa shape index (κ1) is 14.8. The molecule has 0 aliphatic rings. The van der Waals surface area contributed by atoms with Crippen LogP contribution in [0.3, 0.4) is 0 Å². The van der Waals surface area contributed by atoms with Crippen LogP contribution < -0.4 is 5.32 Å². The molecule has 0 fully saturated rings. The Kier molecular flexibility index (Phi) is 3.85. The van der Waals surface area contributed by atoms with Crippen LogP contribution in [0, 0.1) is 6.92 Å². The van der Waals surface area contributed by atoms with E-state index in [1.807, 2.05) is 55.5 Å². The molecule has 1 aromatic heterocycles. The van der Waals surface area contributed by atoms with Gasteiger partial charge in [-0.3, -0.25) is 9.48 Å². The fourth-order valence-electron chi connectivity index (χ4n) is 2.40. The molecule has 0 radical (unpaired) electrons. The van der Waals surface area contributed by atoms with E-state index in [0.717, 1.165) is 11.1 Å². The third kappa shape index (κ3) is 3.08. The van der Waals surface area contributed by atoms with Gasteiger partial charge in [-0.1, -0.05) is 48.0 Å². The highest BCUT2D eigenvalue weighted by atomic mass is 16.3. The molecule has 2 aromatic carbocycles. The van der Waals surface area contributed by atoms with Gasteiger partial charge in [0.05, 0.1) is 0 Å². The number of para-hydroxylation sites is 1. The first-order valence-corrected chi connectivity index (χ1v) is 7.24. The van der Waals surface area contributed by atoms with E-state index in [9.17, 15) is 9.90 Å². The van der Waals surface area contributed by atoms with Crippen LogP contribution in [0.15, 0.2) is 54.7 Å². The van der Waals surface area contributed by atoms with Crippen LogP contribution in [0.5, 0.6) is 5.88 Å². The number of rotatable bonds is 3. The average molecular weight is 307 g/mol. The topological polar surface area (TPSA) is 67.2 Å². The fourth-order valence-corrected chi connectivity index (χ4v) is 2.40. The molecule has 116 valence electrons. The minimum Gasteiger partial charge on any atom is -0.492 e. The van der Waals surface area contributed by atoms with Crippen LogP contribution in [0.2, 0.25) is 0 Å². The number of carbonyl (C=O) groups is 1. The second-order valence-corrected chi connectivity index (χ2v) is 5.41. The molecule has 0 spiro atoms. The smallest absolute Gasteiger partial charge is 0.262 e. The van der Waals surface area contributed by atoms with E-state index in [0.29, 0.717) is 5.69 Å². The highest BCUT2D eigenvalue weighted by Gasteiger charge is 2.16. The van der Waals surface area contributed by atoms with Gasteiger partial charge in [0.1, 0.15) is 5.56 Å². The number of aromatic nitrogens is 2. The number of hydrogen-bond acceptors (Lipinski definition) is 3. The lowest BCUT2D eigenvalue weighted by molar-refractivity contribution is 0.102. The number of carbonyl (C=O) groups excluding carboxylic acids is 1. The maximum absolute atomic E-state index is 12.4. The molecule has 0 bridgehead atoms. The van der Waals surface area contributed by atoms with Crippen molar-refractivity contribution in [3.05, 3.63) is 65.9 Å². The quantitative estimate of drug-likeness (QED) is 0.779. The van der Waals surface area contributed by atoms with E-state index in [4.69, 9.17) is 0 Å². The largest absolute Gasteiger partial charge is 0.492 e. The Hall–Kier alpha value is -3.08. The molecule has 0 aliphatic heterocycles. The zero-order chi connectivity index (χ0) is 16.4. The summed E-state index contributed by atoms with van der Waals surface area (Å²) in [5.41, 5.74) is 3.94. The van der Waals surface area contributed by atoms with Gasteiger partial charge >= 0.3 is 0 Å². The molecule has 2 N–H and O–H groups in total. The maximum Gasteiger partial charge on any atom is 0.262 e. The van der Waals surface area contributed by atoms with E-state index in [1.54, 1.807) is 7.05 Å². The SMILES string of the molecule is Cc1ccc(-c2ccccc2NC(=O)c2cn(C)nc2O)cc1. The predicted octanol–water partition coefficient (Wildman–Crippen LogP) is 3.35. The summed E-state index contributed by atoms with van der Waals surface area (Å²) in [5, 5.41) is 16.3. The Bertz CT molecular complexity index is 851. The van der Waals surface area contributed by atoms with Crippen molar-refractivity contribution in [2.24, 2.45) is 7.05 Å². The molecule has 0 atom stereocenters. The number of aromatic hydroxyl groups is 1. The lowest BCUT2D eigenvalue weighted by Crippen LogP contribution is -2.12. The number of anilines is 1. The lowest BCUT2D eigenvalue weighted by atomic mass is 10.0. The minimum atomic E-state index is -0.393. The van der Waals surface area contributed by atoms with E-state index >= 15 is 0 Å². The van der Waals surface area contributed by atoms with Crippen LogP contribution in [0.25, 0.3) is 11.1 Å². The van der Waals surface area contributed by atoms with E-state index in [1.165, 1.54) is 16.4 Å². The molecule has 23 heavy (non-hydrogen) atoms. The van der Waals surface area contributed by atoms with E-state index in [-0.39, 0.29) is 11.4 Å². The highest BCUT2D eigenvalue weighted by molar-refractivity contribution is 6.07. The van der Waals surface area contributed by atoms with Crippen molar-refractivity contribution >= 4 is 11.6 Å². The summed E-state index contributed by atoms with van der Waals surface area (Å²) in [7, 11) is 1.65. The third-order valence-electron chi connectivity index (χ3n) is 3.59. The van der Waals surface area contributed by atoms with Crippen molar-refractivity contribution in [2.45, 2.75) is 6.92 Å². The molecule has 0 aliphatic carbocycles. The molecule has 3 aromatic rings. The number of nitrogens with zero attached hydrogens (tertiary/aromatic N) is 2. The maximum atomic E-state index is 12.4. The second-order valence-electron chi connectivity index (χ2n) is 5.41. The van der Waals surface area contributed by atoms with Gasteiger partial charge in [-0.25, -0.2) is 0 Å². The van der Waals surface area contributed by atoms with Crippen LogP contribution in [-0.2, 0) is 7.05 Å². The van der Waals surface area contributed by atoms with Crippen LogP contribution in [0.1, 0.15) is 15.9 Å². The molecule has 3 rings (SSSR count). The first-order chi connectivity index (χ1) is 11.0. The van der Waals surface area contributed by atoms with Crippen LogP contribution in [0.4, 0.5) is 5.69 Å². The predicted molar refractivity (Wildman–Crippen MR) is 89.4 cm³/mol. The van der Waals surface area contributed by atoms with Gasteiger partial charge in [-0.15, -0.1) is 5.10 Å². The third-order valence-corrected chi connectivity index (χ3v) is 3.59. The van der Waals surface area contributed by atoms with Gasteiger partial charge in [0.2, 0.25) is 5.88 Å². The second kappa shape index (κ2) is 5.96. The van der Waals surface area contributed by atoms with Gasteiger partial charge < -0.3 is 10.4 Å². The summed E-state index contributed by atoms with van der Waals surface area (Å²) >= 11 is 0. The molecule has 5 heteroatoms. The molecule has 1 heterocycles. The molecular formula is C18H17N3O2. The van der Waals surface area contributed by atoms with Gasteiger partial charge in [-0.2, -0.15) is 0 Å². The zero-order valence-corrected chi connectivity index (χ0v) is 12.9. The van der Waals surface area contributed by atoms with Crippen molar-refractivity contribution in [2.75, 3.05) is 5.32 Å². The number of nitrogens with one attached hydrogen (secondary N) is 1. The number of benzene rings is 2. The number of hydrogen-bond donors (Lipinski definition) is 2. The Morgan fingerprint density at radius 3 is 2.48 bits per heavy atom. The highest BCUT2D eigenvalue weighted by Crippen LogP contribution is 2.29. The Morgan fingerprint density at radius 1 is 1.13 bits per heavy atom. The van der Waals surface area contributed by atoms with E-state index in [2.05, 4.69) is 10.4 Å². The van der Waals surface area contributed by atoms with Crippen molar-refractivity contribution in [1.82, 2.24) is 9.78 Å². The zero-order valence-electron chi connectivity index (χ0n) is 12.9. The van der Waals surface area contributed by atoms with E-state index < -0.39 is 5.91 Å². The van der Waals surface area contributed by atoms with Crippen molar-refractivity contribution in [3.63, 3.8) is 0 Å². The van der Waals surface area contributed by atoms with Gasteiger partial charge in [0.15, 0.2) is 0 Å². The van der Waals surface area contributed by atoms with Gasteiger partial charge in [0, 0.05) is 24.5 Å². The lowest BCUT2D eigenvalue weighted by Gasteiger charge is -2.11. The summed E-state index contributed by atoms with van der Waals surface area (Å²) in [5.74, 6) is -0.673. The summed E-state index contributed by atoms with van der Waals surface area (Å²) in [6, 6.07) is 15.7. The monoisotopic (exact) mass is 307 g/mol. The summed E-state index contributed by atoms with van der Waals surface area (Å²) in [4.78, 5) is 12.4. The molecule has 0 saturated heterocycles. The average Bonchev–Trinajstić information content (AvgIpc) is 2.87. The number of aryl methyl sites for hydroxylation is 2. The molecule has 0 unspecified atom stereocenters. The van der Waals surface area contributed by atoms with Crippen LogP contribution in [-0.4, -0.2) is 20.8 Å². The molecule has 1 amide bonds. The van der Waals surface area contributed by atoms with Crippen molar-refractivity contribution < 1.29 is 9.90 Å². The van der Waals surface area contributed by atoms with Crippen molar-refractivity contribution in [1.29, 1.82) is 0 Å². The standard InChI is InChI=1S/C18H17N3O2/c1-12-7-9-13(10-8-12)14-5-3-4-6-16(14)19-17(22)15-11-21(2)20-18(15)23/h3-11H,1-2H3,(H,19,22)(H,20,23). The van der Waals surface area contributed by atoms with Gasteiger partial charge in [0.25, 0.3) is 5.91 Å². The first-order valence-electron chi connectivity index (χ1n) is 7.24. The Labute approximate surface area is 134 Å². The number of amides is 1. The molecule has 0 saturated carbocycles. The fraction of sp³-hybridized carbons (Fsp3) is 0.111. The Morgan fingerprint density at radius 2 is 1.83 bits per heavy atom. The summed E-state index contributed by atoms with van der Waals surface area (Å²) in [6.07, 6.45) is 1.49. The molecular weight excluding hydrogens is 290 g/mol. The minimum absolute atomic E-state index is 0.145. The summed E-state index contributed by atoms with van der Waals surface area (Å²) < 4.78 is 1.40. The van der Waals surface area contributed by atoms with Gasteiger partial charge in [-0.05, 0) is 18.6 Å². The Balaban J connectivity index is 1.93. The summed E-state index contributed by atoms with van der Waals surface area (Å²) in [6.45, 7) is 2.03. The normalized spacial score (nSPS) is 10.5.